The van der Waals surface area contributed by atoms with Gasteiger partial charge in [0, 0.05) is 41.9 Å². The summed E-state index contributed by atoms with van der Waals surface area (Å²) in [5.41, 5.74) is 1.23. The Bertz CT molecular complexity index is 979. The molecule has 1 amide bonds. The minimum atomic E-state index is -1.39. The molecule has 1 saturated heterocycles. The summed E-state index contributed by atoms with van der Waals surface area (Å²) in [4.78, 5) is 32.0. The Balaban J connectivity index is 1.56. The monoisotopic (exact) mass is 404 g/mol. The highest BCUT2D eigenvalue weighted by atomic mass is 16.6. The number of anilines is 1. The number of nitro groups is 1. The summed E-state index contributed by atoms with van der Waals surface area (Å²) in [5, 5.41) is 11.4. The van der Waals surface area contributed by atoms with Crippen LogP contribution < -0.4 is 4.90 Å². The van der Waals surface area contributed by atoms with Gasteiger partial charge in [-0.15, -0.1) is 0 Å². The average Bonchev–Trinajstić information content (AvgIpc) is 2.98. The molecule has 2 aliphatic rings. The van der Waals surface area contributed by atoms with Crippen molar-refractivity contribution in [2.45, 2.75) is 30.8 Å². The number of rotatable bonds is 6. The van der Waals surface area contributed by atoms with Gasteiger partial charge in [0.25, 0.3) is 5.91 Å². The third-order valence-corrected chi connectivity index (χ3v) is 6.23. The molecule has 30 heavy (non-hydrogen) atoms. The molecule has 0 radical (unpaired) electrons. The van der Waals surface area contributed by atoms with Crippen molar-refractivity contribution in [3.05, 3.63) is 87.3 Å². The van der Waals surface area contributed by atoms with E-state index in [0.717, 1.165) is 38.2 Å². The summed E-state index contributed by atoms with van der Waals surface area (Å²) < 4.78 is 0. The Kier molecular flexibility index (Phi) is 5.51. The number of hydrogen-bond donors (Lipinski definition) is 0. The van der Waals surface area contributed by atoms with Gasteiger partial charge in [-0.25, -0.2) is 6.57 Å². The molecule has 0 N–H and O–H groups in total. The molecule has 7 nitrogen and oxygen atoms in total. The van der Waals surface area contributed by atoms with E-state index in [9.17, 15) is 14.9 Å². The second kappa shape index (κ2) is 8.25. The van der Waals surface area contributed by atoms with Crippen LogP contribution in [0.3, 0.4) is 0 Å². The number of carbonyl (C=O) groups is 1. The van der Waals surface area contributed by atoms with Crippen LogP contribution in [-0.4, -0.2) is 48.0 Å². The summed E-state index contributed by atoms with van der Waals surface area (Å²) in [6.45, 7) is 9.18. The first kappa shape index (κ1) is 20.0. The van der Waals surface area contributed by atoms with Crippen molar-refractivity contribution in [2.24, 2.45) is 0 Å². The molecule has 0 bridgehead atoms. The molecule has 0 saturated carbocycles. The van der Waals surface area contributed by atoms with Crippen LogP contribution in [0.2, 0.25) is 0 Å². The molecular weight excluding hydrogens is 380 g/mol. The minimum absolute atomic E-state index is 0.00923. The Morgan fingerprint density at radius 3 is 2.43 bits per heavy atom. The number of para-hydroxylation sites is 1. The Labute approximate surface area is 175 Å². The van der Waals surface area contributed by atoms with Gasteiger partial charge < -0.3 is 9.74 Å². The smallest absolute Gasteiger partial charge is 0.252 e. The lowest BCUT2D eigenvalue weighted by molar-refractivity contribution is -0.487. The van der Waals surface area contributed by atoms with Gasteiger partial charge in [-0.1, -0.05) is 48.5 Å². The van der Waals surface area contributed by atoms with Gasteiger partial charge >= 0.3 is 0 Å². The van der Waals surface area contributed by atoms with Crippen LogP contribution in [0.15, 0.2) is 54.6 Å². The van der Waals surface area contributed by atoms with E-state index in [2.05, 4.69) is 21.9 Å². The number of hydrogen-bond acceptors (Lipinski definition) is 4. The van der Waals surface area contributed by atoms with Crippen molar-refractivity contribution in [2.75, 3.05) is 31.1 Å². The van der Waals surface area contributed by atoms with Crippen molar-refractivity contribution < 1.29 is 9.72 Å². The Morgan fingerprint density at radius 2 is 1.77 bits per heavy atom. The Hall–Kier alpha value is -3.24. The fourth-order valence-corrected chi connectivity index (χ4v) is 4.79. The molecule has 1 unspecified atom stereocenters. The number of piperidine rings is 1. The quantitative estimate of drug-likeness (QED) is 0.421. The lowest BCUT2D eigenvalue weighted by Gasteiger charge is -2.37. The zero-order valence-electron chi connectivity index (χ0n) is 16.7. The van der Waals surface area contributed by atoms with E-state index in [0.29, 0.717) is 5.56 Å². The third-order valence-electron chi connectivity index (χ3n) is 6.23. The lowest BCUT2D eigenvalue weighted by Crippen LogP contribution is -2.52. The molecule has 2 aliphatic heterocycles. The molecule has 0 spiro atoms. The van der Waals surface area contributed by atoms with E-state index in [4.69, 9.17) is 6.57 Å². The van der Waals surface area contributed by atoms with Crippen molar-refractivity contribution in [1.82, 2.24) is 4.90 Å². The molecule has 4 rings (SSSR count). The van der Waals surface area contributed by atoms with Crippen molar-refractivity contribution in [3.8, 4) is 0 Å². The molecule has 2 aromatic carbocycles. The molecule has 2 aromatic rings. The van der Waals surface area contributed by atoms with Crippen LogP contribution in [0.5, 0.6) is 0 Å². The summed E-state index contributed by atoms with van der Waals surface area (Å²) in [7, 11) is 0. The highest BCUT2D eigenvalue weighted by molar-refractivity contribution is 6.09. The number of likely N-dealkylation sites (tertiary alicyclic amines) is 1. The molecule has 1 atom stereocenters. The van der Waals surface area contributed by atoms with Crippen LogP contribution in [-0.2, 0) is 16.8 Å². The number of benzene rings is 2. The maximum absolute atomic E-state index is 13.5. The van der Waals surface area contributed by atoms with E-state index in [1.165, 1.54) is 5.56 Å². The first-order valence-electron chi connectivity index (χ1n) is 10.2. The normalized spacial score (nSPS) is 22.0. The molecule has 7 heteroatoms. The van der Waals surface area contributed by atoms with Gasteiger partial charge in [-0.05, 0) is 24.5 Å². The molecule has 1 fully saturated rings. The zero-order valence-corrected chi connectivity index (χ0v) is 16.7. The molecule has 154 valence electrons. The van der Waals surface area contributed by atoms with Crippen LogP contribution in [0, 0.1) is 16.7 Å². The van der Waals surface area contributed by atoms with Gasteiger partial charge in [-0.3, -0.25) is 19.8 Å². The summed E-state index contributed by atoms with van der Waals surface area (Å²) >= 11 is 0. The number of carbonyl (C=O) groups excluding carboxylic acids is 1. The van der Waals surface area contributed by atoms with Gasteiger partial charge in [0.05, 0.1) is 0 Å². The van der Waals surface area contributed by atoms with Crippen LogP contribution in [0.25, 0.3) is 4.85 Å². The second-order valence-corrected chi connectivity index (χ2v) is 8.07. The standard InChI is InChI=1S/C23H24N4O3/c1-24-16-23(17-26(29)30)20-9-5-6-10-21(20)27(22(23)28)19-11-13-25(14-12-19)15-18-7-3-2-4-8-18/h2-10,19H,11-17H2. The maximum Gasteiger partial charge on any atom is 0.252 e. The van der Waals surface area contributed by atoms with E-state index >= 15 is 0 Å². The minimum Gasteiger partial charge on any atom is -0.315 e. The number of nitrogens with zero attached hydrogens (tertiary/aromatic N) is 4. The third kappa shape index (κ3) is 3.55. The molecular formula is C23H24N4O3. The average molecular weight is 404 g/mol. The summed E-state index contributed by atoms with van der Waals surface area (Å²) in [6.07, 6.45) is 1.61. The van der Waals surface area contributed by atoms with Crippen LogP contribution >= 0.6 is 0 Å². The first-order chi connectivity index (χ1) is 14.5. The van der Waals surface area contributed by atoms with Crippen LogP contribution in [0.4, 0.5) is 5.69 Å². The van der Waals surface area contributed by atoms with E-state index in [1.807, 2.05) is 30.3 Å². The second-order valence-electron chi connectivity index (χ2n) is 8.07. The molecule has 0 aliphatic carbocycles. The fraction of sp³-hybridized carbons (Fsp3) is 0.391. The van der Waals surface area contributed by atoms with Crippen molar-refractivity contribution in [1.29, 1.82) is 0 Å². The number of fused-ring (bicyclic) bond motifs is 1. The van der Waals surface area contributed by atoms with Crippen molar-refractivity contribution >= 4 is 11.6 Å². The van der Waals surface area contributed by atoms with Crippen LogP contribution in [0.1, 0.15) is 24.0 Å². The van der Waals surface area contributed by atoms with Crippen molar-refractivity contribution in [3.63, 3.8) is 0 Å². The Morgan fingerprint density at radius 1 is 1.10 bits per heavy atom. The topological polar surface area (TPSA) is 71.0 Å². The fourth-order valence-electron chi connectivity index (χ4n) is 4.79. The van der Waals surface area contributed by atoms with E-state index in [-0.39, 0.29) is 18.5 Å². The first-order valence-corrected chi connectivity index (χ1v) is 10.2. The zero-order chi connectivity index (χ0) is 21.1. The predicted octanol–water partition coefficient (Wildman–Crippen LogP) is 3.13. The maximum atomic E-state index is 13.5. The highest BCUT2D eigenvalue weighted by Gasteiger charge is 2.58. The van der Waals surface area contributed by atoms with Gasteiger partial charge in [0.15, 0.2) is 0 Å². The number of amides is 1. The lowest BCUT2D eigenvalue weighted by atomic mass is 9.81. The van der Waals surface area contributed by atoms with Gasteiger partial charge in [0.2, 0.25) is 18.5 Å². The van der Waals surface area contributed by atoms with Gasteiger partial charge in [-0.2, -0.15) is 0 Å². The van der Waals surface area contributed by atoms with E-state index in [1.54, 1.807) is 17.0 Å². The summed E-state index contributed by atoms with van der Waals surface area (Å²) in [6, 6.07) is 17.6. The predicted molar refractivity (Wildman–Crippen MR) is 114 cm³/mol. The SMILES string of the molecule is [C-]#[N+]CC1(C[N+](=O)[O-])C(=O)N(C2CCN(Cc3ccccc3)CC2)c2ccccc21. The van der Waals surface area contributed by atoms with E-state index < -0.39 is 16.9 Å². The molecule has 2 heterocycles. The highest BCUT2D eigenvalue weighted by Crippen LogP contribution is 2.44. The molecule has 0 aromatic heterocycles. The largest absolute Gasteiger partial charge is 0.315 e. The summed E-state index contributed by atoms with van der Waals surface area (Å²) in [5.74, 6) is -0.294. The van der Waals surface area contributed by atoms with Gasteiger partial charge in [0.1, 0.15) is 0 Å².